The minimum absolute atomic E-state index is 0.0166. The summed E-state index contributed by atoms with van der Waals surface area (Å²) in [7, 11) is 1.51. The second-order valence-corrected chi connectivity index (χ2v) is 8.25. The molecular weight excluding hydrogens is 422 g/mol. The van der Waals surface area contributed by atoms with Crippen molar-refractivity contribution in [1.29, 1.82) is 0 Å². The predicted octanol–water partition coefficient (Wildman–Crippen LogP) is 3.69. The van der Waals surface area contributed by atoms with E-state index in [1.54, 1.807) is 17.6 Å². The number of aromatic nitrogens is 2. The van der Waals surface area contributed by atoms with Crippen molar-refractivity contribution in [3.05, 3.63) is 63.4 Å². The van der Waals surface area contributed by atoms with Gasteiger partial charge in [-0.1, -0.05) is 43.7 Å². The summed E-state index contributed by atoms with van der Waals surface area (Å²) in [6, 6.07) is 9.33. The zero-order chi connectivity index (χ0) is 24.1. The topological polar surface area (TPSA) is 103 Å². The molecule has 8 heteroatoms. The number of methoxy groups -OCH3 is 1. The van der Waals surface area contributed by atoms with E-state index >= 15 is 0 Å². The third-order valence-electron chi connectivity index (χ3n) is 5.58. The van der Waals surface area contributed by atoms with Crippen LogP contribution in [-0.2, 0) is 11.3 Å². The molecule has 0 fully saturated rings. The van der Waals surface area contributed by atoms with Gasteiger partial charge in [0.25, 0.3) is 0 Å². The smallest absolute Gasteiger partial charge is 0.343 e. The van der Waals surface area contributed by atoms with Gasteiger partial charge in [0.15, 0.2) is 0 Å². The molecule has 0 bridgehead atoms. The van der Waals surface area contributed by atoms with Gasteiger partial charge < -0.3 is 24.5 Å². The highest BCUT2D eigenvalue weighted by Gasteiger charge is 2.24. The van der Waals surface area contributed by atoms with Gasteiger partial charge in [-0.05, 0) is 31.4 Å². The standard InChI is InChI=1S/C25H31N3O5/c1-6-33-25(31)19-13-28(21(14-29)15(2)3)23-18(22(19)30)11-20(24(27-23)32-5)26-12-17-9-7-16(4)8-10-17/h7-11,13,15,21,26,29H,6,12,14H2,1-5H3/t21-/m1/s1. The summed E-state index contributed by atoms with van der Waals surface area (Å²) in [6.45, 7) is 8.07. The Kier molecular flexibility index (Phi) is 7.71. The fourth-order valence-corrected chi connectivity index (χ4v) is 3.67. The van der Waals surface area contributed by atoms with Gasteiger partial charge in [-0.2, -0.15) is 4.98 Å². The van der Waals surface area contributed by atoms with Crippen LogP contribution in [-0.4, -0.2) is 41.0 Å². The van der Waals surface area contributed by atoms with Crippen molar-refractivity contribution in [3.63, 3.8) is 0 Å². The lowest BCUT2D eigenvalue weighted by molar-refractivity contribution is 0.0523. The van der Waals surface area contributed by atoms with E-state index in [2.05, 4.69) is 10.3 Å². The molecule has 3 rings (SSSR count). The summed E-state index contributed by atoms with van der Waals surface area (Å²) in [5.41, 5.74) is 2.51. The van der Waals surface area contributed by atoms with Gasteiger partial charge in [-0.25, -0.2) is 4.79 Å². The average molecular weight is 454 g/mol. The Morgan fingerprint density at radius 2 is 1.94 bits per heavy atom. The number of esters is 1. The number of rotatable bonds is 9. The van der Waals surface area contributed by atoms with Gasteiger partial charge in [-0.3, -0.25) is 4.79 Å². The first-order valence-electron chi connectivity index (χ1n) is 11.0. The zero-order valence-electron chi connectivity index (χ0n) is 19.7. The molecule has 3 aromatic rings. The molecule has 0 radical (unpaired) electrons. The van der Waals surface area contributed by atoms with Crippen LogP contribution in [0.4, 0.5) is 5.69 Å². The number of benzene rings is 1. The van der Waals surface area contributed by atoms with E-state index in [1.807, 2.05) is 45.0 Å². The number of hydrogen-bond donors (Lipinski definition) is 2. The van der Waals surface area contributed by atoms with Crippen molar-refractivity contribution in [2.45, 2.75) is 40.3 Å². The number of fused-ring (bicyclic) bond motifs is 1. The Labute approximate surface area is 193 Å². The molecule has 0 aliphatic rings. The summed E-state index contributed by atoms with van der Waals surface area (Å²) in [5, 5.41) is 13.6. The molecule has 0 spiro atoms. The molecule has 1 atom stereocenters. The number of pyridine rings is 2. The van der Waals surface area contributed by atoms with Gasteiger partial charge in [0.2, 0.25) is 11.3 Å². The van der Waals surface area contributed by atoms with E-state index in [-0.39, 0.29) is 30.1 Å². The number of aliphatic hydroxyl groups is 1. The molecule has 2 N–H and O–H groups in total. The van der Waals surface area contributed by atoms with Crippen LogP contribution in [0.2, 0.25) is 0 Å². The first-order valence-corrected chi connectivity index (χ1v) is 11.0. The summed E-state index contributed by atoms with van der Waals surface area (Å²) >= 11 is 0. The highest BCUT2D eigenvalue weighted by atomic mass is 16.5. The Balaban J connectivity index is 2.18. The molecule has 0 saturated carbocycles. The third-order valence-corrected chi connectivity index (χ3v) is 5.58. The molecule has 0 aliphatic heterocycles. The number of aryl methyl sites for hydroxylation is 1. The monoisotopic (exact) mass is 453 g/mol. The summed E-state index contributed by atoms with van der Waals surface area (Å²) in [6.07, 6.45) is 1.43. The number of hydrogen-bond acceptors (Lipinski definition) is 7. The van der Waals surface area contributed by atoms with Gasteiger partial charge in [-0.15, -0.1) is 0 Å². The molecule has 1 aromatic carbocycles. The Morgan fingerprint density at radius 3 is 2.52 bits per heavy atom. The lowest BCUT2D eigenvalue weighted by Gasteiger charge is -2.24. The second-order valence-electron chi connectivity index (χ2n) is 8.25. The van der Waals surface area contributed by atoms with Gasteiger partial charge in [0.1, 0.15) is 11.2 Å². The van der Waals surface area contributed by atoms with Crippen molar-refractivity contribution in [1.82, 2.24) is 9.55 Å². The van der Waals surface area contributed by atoms with E-state index in [0.29, 0.717) is 23.8 Å². The number of nitrogens with one attached hydrogen (secondary N) is 1. The van der Waals surface area contributed by atoms with E-state index in [9.17, 15) is 14.7 Å². The molecule has 2 heterocycles. The molecule has 8 nitrogen and oxygen atoms in total. The minimum atomic E-state index is -0.705. The number of aliphatic hydroxyl groups excluding tert-OH is 1. The van der Waals surface area contributed by atoms with Crippen LogP contribution in [0.3, 0.4) is 0 Å². The Hall–Kier alpha value is -3.39. The highest BCUT2D eigenvalue weighted by Crippen LogP contribution is 2.29. The van der Waals surface area contributed by atoms with Crippen LogP contribution in [0.5, 0.6) is 5.88 Å². The first kappa shape index (κ1) is 24.3. The minimum Gasteiger partial charge on any atom is -0.479 e. The van der Waals surface area contributed by atoms with Gasteiger partial charge in [0.05, 0.1) is 37.4 Å². The largest absolute Gasteiger partial charge is 0.479 e. The van der Waals surface area contributed by atoms with Crippen molar-refractivity contribution < 1.29 is 19.4 Å². The molecule has 176 valence electrons. The van der Waals surface area contributed by atoms with E-state index < -0.39 is 17.4 Å². The lowest BCUT2D eigenvalue weighted by atomic mass is 10.0. The fraction of sp³-hybridized carbons (Fsp3) is 0.400. The maximum atomic E-state index is 13.3. The molecule has 0 saturated heterocycles. The van der Waals surface area contributed by atoms with E-state index in [4.69, 9.17) is 9.47 Å². The molecule has 2 aromatic heterocycles. The normalized spacial score (nSPS) is 12.1. The number of anilines is 1. The molecule has 33 heavy (non-hydrogen) atoms. The number of carbonyl (C=O) groups is 1. The van der Waals surface area contributed by atoms with Crippen LogP contribution in [0.15, 0.2) is 41.3 Å². The average Bonchev–Trinajstić information content (AvgIpc) is 2.80. The maximum absolute atomic E-state index is 13.3. The Bertz CT molecular complexity index is 1190. The van der Waals surface area contributed by atoms with Crippen molar-refractivity contribution >= 4 is 22.7 Å². The first-order chi connectivity index (χ1) is 15.8. The van der Waals surface area contributed by atoms with Crippen LogP contribution < -0.4 is 15.5 Å². The zero-order valence-corrected chi connectivity index (χ0v) is 19.7. The quantitative estimate of drug-likeness (QED) is 0.476. The molecular formula is C25H31N3O5. The number of ether oxygens (including phenoxy) is 2. The Morgan fingerprint density at radius 1 is 1.24 bits per heavy atom. The van der Waals surface area contributed by atoms with Gasteiger partial charge in [0, 0.05) is 12.7 Å². The third kappa shape index (κ3) is 5.17. The van der Waals surface area contributed by atoms with Crippen molar-refractivity contribution in [2.24, 2.45) is 5.92 Å². The van der Waals surface area contributed by atoms with Crippen LogP contribution >= 0.6 is 0 Å². The van der Waals surface area contributed by atoms with E-state index in [1.165, 1.54) is 18.9 Å². The summed E-state index contributed by atoms with van der Waals surface area (Å²) in [4.78, 5) is 30.4. The predicted molar refractivity (Wildman–Crippen MR) is 128 cm³/mol. The van der Waals surface area contributed by atoms with Crippen LogP contribution in [0.1, 0.15) is 48.3 Å². The highest BCUT2D eigenvalue weighted by molar-refractivity contribution is 5.94. The SMILES string of the molecule is CCOC(=O)c1cn([C@H](CO)C(C)C)c2nc(OC)c(NCc3ccc(C)cc3)cc2c1=O. The second kappa shape index (κ2) is 10.5. The molecule has 0 unspecified atom stereocenters. The number of carbonyl (C=O) groups excluding carboxylic acids is 1. The van der Waals surface area contributed by atoms with Crippen LogP contribution in [0, 0.1) is 12.8 Å². The van der Waals surface area contributed by atoms with Crippen LogP contribution in [0.25, 0.3) is 11.0 Å². The van der Waals surface area contributed by atoms with Crippen molar-refractivity contribution in [2.75, 3.05) is 25.6 Å². The van der Waals surface area contributed by atoms with Crippen molar-refractivity contribution in [3.8, 4) is 5.88 Å². The summed E-state index contributed by atoms with van der Waals surface area (Å²) < 4.78 is 12.3. The lowest BCUT2D eigenvalue weighted by Crippen LogP contribution is -2.27. The van der Waals surface area contributed by atoms with Gasteiger partial charge >= 0.3 is 5.97 Å². The number of nitrogens with zero attached hydrogens (tertiary/aromatic N) is 2. The molecule has 0 amide bonds. The molecule has 0 aliphatic carbocycles. The fourth-order valence-electron chi connectivity index (χ4n) is 3.67. The maximum Gasteiger partial charge on any atom is 0.343 e. The summed E-state index contributed by atoms with van der Waals surface area (Å²) in [5.74, 6) is -0.376. The van der Waals surface area contributed by atoms with E-state index in [0.717, 1.165) is 5.56 Å².